The van der Waals surface area contributed by atoms with Gasteiger partial charge in [-0.3, -0.25) is 0 Å². The Balaban J connectivity index is 0.000000396. The normalized spacial score (nSPS) is 15.0. The molecule has 0 bridgehead atoms. The van der Waals surface area contributed by atoms with Crippen LogP contribution in [-0.2, 0) is 10.9 Å². The Bertz CT molecular complexity index is 595. The lowest BCUT2D eigenvalue weighted by atomic mass is 10.1. The van der Waals surface area contributed by atoms with Crippen LogP contribution in [0.5, 0.6) is 5.75 Å². The highest BCUT2D eigenvalue weighted by atomic mass is 32.2. The first kappa shape index (κ1) is 17.0. The second-order valence-electron chi connectivity index (χ2n) is 4.90. The van der Waals surface area contributed by atoms with E-state index in [4.69, 9.17) is 4.74 Å². The maximum Gasteiger partial charge on any atom is 0.379 e. The Morgan fingerprint density at radius 2 is 1.59 bits per heavy atom. The highest BCUT2D eigenvalue weighted by Crippen LogP contribution is 2.34. The summed E-state index contributed by atoms with van der Waals surface area (Å²) in [7, 11) is 0.467. The molecule has 2 aromatic rings. The molecule has 2 aromatic carbocycles. The van der Waals surface area contributed by atoms with Gasteiger partial charge < -0.3 is 4.74 Å². The van der Waals surface area contributed by atoms with Crippen LogP contribution >= 0.6 is 0 Å². The van der Waals surface area contributed by atoms with Gasteiger partial charge in [0.15, 0.2) is 4.90 Å². The van der Waals surface area contributed by atoms with E-state index in [-0.39, 0.29) is 0 Å². The van der Waals surface area contributed by atoms with E-state index in [9.17, 15) is 13.2 Å². The summed E-state index contributed by atoms with van der Waals surface area (Å²) in [4.78, 5) is 1.55. The first-order valence-corrected chi connectivity index (χ1v) is 8.94. The molecule has 0 spiro atoms. The molecule has 5 heteroatoms. The fourth-order valence-corrected chi connectivity index (χ4v) is 5.15. The molecular formula is C17H20F3OS+. The number of hydrogen-bond donors (Lipinski definition) is 0. The second kappa shape index (κ2) is 8.32. The van der Waals surface area contributed by atoms with Crippen molar-refractivity contribution in [3.8, 4) is 5.75 Å². The van der Waals surface area contributed by atoms with Gasteiger partial charge in [-0.15, -0.1) is 0 Å². The number of rotatable bonds is 3. The van der Waals surface area contributed by atoms with Gasteiger partial charge in [0.2, 0.25) is 0 Å². The number of fused-ring (bicyclic) bond motifs is 1. The molecule has 1 aliphatic rings. The molecule has 1 saturated heterocycles. The molecule has 0 saturated carbocycles. The second-order valence-corrected chi connectivity index (χ2v) is 7.14. The minimum atomic E-state index is -3.67. The van der Waals surface area contributed by atoms with E-state index in [1.165, 1.54) is 35.1 Å². The van der Waals surface area contributed by atoms with Gasteiger partial charge >= 0.3 is 6.68 Å². The minimum absolute atomic E-state index is 0.467. The van der Waals surface area contributed by atoms with Crippen LogP contribution in [-0.4, -0.2) is 24.8 Å². The summed E-state index contributed by atoms with van der Waals surface area (Å²) in [6, 6.07) is 13.1. The molecule has 22 heavy (non-hydrogen) atoms. The summed E-state index contributed by atoms with van der Waals surface area (Å²) >= 11 is 0. The van der Waals surface area contributed by atoms with Crippen molar-refractivity contribution in [3.05, 3.63) is 36.4 Å². The van der Waals surface area contributed by atoms with E-state index in [0.29, 0.717) is 10.9 Å². The summed E-state index contributed by atoms with van der Waals surface area (Å²) in [5.41, 5.74) is 0. The van der Waals surface area contributed by atoms with Crippen LogP contribution in [0, 0.1) is 0 Å². The highest BCUT2D eigenvalue weighted by Gasteiger charge is 2.29. The zero-order valence-corrected chi connectivity index (χ0v) is 13.3. The Hall–Kier alpha value is -1.36. The lowest BCUT2D eigenvalue weighted by Gasteiger charge is -2.10. The third-order valence-corrected chi connectivity index (χ3v) is 6.03. The van der Waals surface area contributed by atoms with Crippen molar-refractivity contribution in [2.24, 2.45) is 0 Å². The Kier molecular flexibility index (Phi) is 6.43. The third kappa shape index (κ3) is 4.32. The Morgan fingerprint density at radius 3 is 2.18 bits per heavy atom. The molecule has 0 atom stereocenters. The quantitative estimate of drug-likeness (QED) is 0.704. The first-order chi connectivity index (χ1) is 10.6. The molecule has 0 radical (unpaired) electrons. The van der Waals surface area contributed by atoms with Gasteiger partial charge in [-0.25, -0.2) is 0 Å². The molecule has 0 N–H and O–H groups in total. The minimum Gasteiger partial charge on any atom is -0.493 e. The monoisotopic (exact) mass is 329 g/mol. The predicted octanol–water partition coefficient (Wildman–Crippen LogP) is 5.19. The first-order valence-electron chi connectivity index (χ1n) is 7.37. The molecule has 0 amide bonds. The topological polar surface area (TPSA) is 9.23 Å². The molecule has 1 nitrogen and oxygen atoms in total. The maximum absolute atomic E-state index is 9.67. The molecule has 1 aliphatic heterocycles. The lowest BCUT2D eigenvalue weighted by Crippen LogP contribution is -2.05. The molecule has 1 fully saturated rings. The summed E-state index contributed by atoms with van der Waals surface area (Å²) in [6.07, 6.45) is 2.79. The average molecular weight is 329 g/mol. The van der Waals surface area contributed by atoms with Gasteiger partial charge in [-0.05, 0) is 38.0 Å². The van der Waals surface area contributed by atoms with Crippen LogP contribution in [0.3, 0.4) is 0 Å². The summed E-state index contributed by atoms with van der Waals surface area (Å²) in [5.74, 6) is 3.77. The van der Waals surface area contributed by atoms with Crippen molar-refractivity contribution in [2.75, 3.05) is 18.1 Å². The van der Waals surface area contributed by atoms with Crippen molar-refractivity contribution in [1.82, 2.24) is 0 Å². The Labute approximate surface area is 131 Å². The van der Waals surface area contributed by atoms with E-state index in [0.717, 1.165) is 12.4 Å². The molecule has 0 unspecified atom stereocenters. The molecule has 0 aromatic heterocycles. The van der Waals surface area contributed by atoms with Crippen molar-refractivity contribution in [1.29, 1.82) is 0 Å². The number of hydrogen-bond acceptors (Lipinski definition) is 1. The fraction of sp³-hybridized carbons (Fsp3) is 0.412. The van der Waals surface area contributed by atoms with Crippen LogP contribution < -0.4 is 4.74 Å². The van der Waals surface area contributed by atoms with E-state index >= 15 is 0 Å². The molecular weight excluding hydrogens is 309 g/mol. The summed E-state index contributed by atoms with van der Waals surface area (Å²) in [5, 5.41) is 2.67. The van der Waals surface area contributed by atoms with Gasteiger partial charge in [0.1, 0.15) is 17.3 Å². The third-order valence-electron chi connectivity index (χ3n) is 3.49. The highest BCUT2D eigenvalue weighted by molar-refractivity contribution is 7.97. The van der Waals surface area contributed by atoms with Crippen LogP contribution in [0.2, 0.25) is 0 Å². The predicted molar refractivity (Wildman–Crippen MR) is 86.8 cm³/mol. The van der Waals surface area contributed by atoms with E-state index in [2.05, 4.69) is 36.4 Å². The van der Waals surface area contributed by atoms with Crippen molar-refractivity contribution < 1.29 is 17.9 Å². The van der Waals surface area contributed by atoms with Gasteiger partial charge in [-0.1, -0.05) is 18.2 Å². The largest absolute Gasteiger partial charge is 0.493 e. The zero-order valence-electron chi connectivity index (χ0n) is 12.5. The fourth-order valence-electron chi connectivity index (χ4n) is 2.65. The van der Waals surface area contributed by atoms with E-state index < -0.39 is 6.68 Å². The van der Waals surface area contributed by atoms with Gasteiger partial charge in [0, 0.05) is 21.7 Å². The number of alkyl halides is 3. The van der Waals surface area contributed by atoms with Crippen LogP contribution in [0.4, 0.5) is 13.2 Å². The van der Waals surface area contributed by atoms with Gasteiger partial charge in [0.05, 0.1) is 6.61 Å². The van der Waals surface area contributed by atoms with Crippen molar-refractivity contribution in [2.45, 2.75) is 31.3 Å². The van der Waals surface area contributed by atoms with E-state index in [1.54, 1.807) is 4.90 Å². The van der Waals surface area contributed by atoms with Crippen molar-refractivity contribution >= 4 is 21.7 Å². The number of ether oxygens (including phenoxy) is 1. The maximum atomic E-state index is 9.67. The molecule has 1 heterocycles. The Morgan fingerprint density at radius 1 is 1.00 bits per heavy atom. The van der Waals surface area contributed by atoms with Crippen LogP contribution in [0.15, 0.2) is 41.3 Å². The summed E-state index contributed by atoms with van der Waals surface area (Å²) < 4.78 is 34.7. The van der Waals surface area contributed by atoms with Gasteiger partial charge in [-0.2, -0.15) is 13.2 Å². The summed E-state index contributed by atoms with van der Waals surface area (Å²) in [6.45, 7) is -0.892. The molecule has 0 aliphatic carbocycles. The van der Waals surface area contributed by atoms with Crippen LogP contribution in [0.25, 0.3) is 10.8 Å². The standard InChI is InChI=1S/C16H19OS.CHF3/c1-2-17-15-9-10-16(18-11-5-6-12-18)14-8-4-3-7-13(14)15;2-1(3)4/h3-4,7-10H,2,5-6,11-12H2,1H3;1H/q+1;. The lowest BCUT2D eigenvalue weighted by molar-refractivity contribution is 0.00819. The number of benzene rings is 2. The zero-order chi connectivity index (χ0) is 15.9. The van der Waals surface area contributed by atoms with Crippen LogP contribution in [0.1, 0.15) is 19.8 Å². The number of halogens is 3. The molecule has 120 valence electrons. The van der Waals surface area contributed by atoms with E-state index in [1.807, 2.05) is 6.92 Å². The smallest absolute Gasteiger partial charge is 0.379 e. The SMILES string of the molecule is CCOc1ccc([S+]2CCCC2)c2ccccc12.FC(F)F. The van der Waals surface area contributed by atoms with Gasteiger partial charge in [0.25, 0.3) is 0 Å². The average Bonchev–Trinajstić information content (AvgIpc) is 3.01. The van der Waals surface area contributed by atoms with Crippen molar-refractivity contribution in [3.63, 3.8) is 0 Å². The molecule has 3 rings (SSSR count).